The van der Waals surface area contributed by atoms with Gasteiger partial charge in [0.1, 0.15) is 0 Å². The van der Waals surface area contributed by atoms with E-state index in [4.69, 9.17) is 11.6 Å². The molecule has 1 aromatic rings. The minimum absolute atomic E-state index is 0.0421. The van der Waals surface area contributed by atoms with Crippen molar-refractivity contribution < 1.29 is 26.4 Å². The van der Waals surface area contributed by atoms with Crippen LogP contribution in [0.2, 0.25) is 5.02 Å². The molecule has 24 heavy (non-hydrogen) atoms. The second-order valence-corrected chi connectivity index (χ2v) is 8.06. The Kier molecular flexibility index (Phi) is 5.46. The van der Waals surface area contributed by atoms with Gasteiger partial charge in [0.15, 0.2) is 0 Å². The second kappa shape index (κ2) is 6.89. The topological polar surface area (TPSA) is 66.5 Å². The maximum Gasteiger partial charge on any atom is 0.418 e. The van der Waals surface area contributed by atoms with E-state index in [1.54, 1.807) is 0 Å². The fourth-order valence-corrected chi connectivity index (χ4v) is 3.64. The van der Waals surface area contributed by atoms with Crippen molar-refractivity contribution in [1.82, 2.24) is 4.31 Å². The van der Waals surface area contributed by atoms with Gasteiger partial charge in [-0.15, -0.1) is 0 Å². The molecule has 10 heteroatoms. The first kappa shape index (κ1) is 19.0. The molecular formula is C14H16ClF3N2O3S. The minimum Gasteiger partial charge on any atom is -0.325 e. The lowest BCUT2D eigenvalue weighted by Crippen LogP contribution is -2.43. The summed E-state index contributed by atoms with van der Waals surface area (Å²) in [6.45, 7) is 0.261. The summed E-state index contributed by atoms with van der Waals surface area (Å²) < 4.78 is 63.4. The molecule has 1 heterocycles. The molecule has 1 aliphatic rings. The lowest BCUT2D eigenvalue weighted by atomic mass is 9.98. The fraction of sp³-hybridized carbons (Fsp3) is 0.500. The maximum absolute atomic E-state index is 13.0. The monoisotopic (exact) mass is 384 g/mol. The van der Waals surface area contributed by atoms with Crippen molar-refractivity contribution in [3.8, 4) is 0 Å². The Morgan fingerprint density at radius 1 is 1.38 bits per heavy atom. The molecule has 134 valence electrons. The number of anilines is 1. The van der Waals surface area contributed by atoms with E-state index in [9.17, 15) is 26.4 Å². The normalized spacial score (nSPS) is 20.0. The Labute approximate surface area is 142 Å². The lowest BCUT2D eigenvalue weighted by molar-refractivity contribution is -0.137. The number of benzene rings is 1. The SMILES string of the molecule is CS(=O)(=O)N1CCC[C@@H](C(=O)Nc2ccc(Cl)cc2C(F)(F)F)C1. The van der Waals surface area contributed by atoms with Crippen LogP contribution in [0.1, 0.15) is 18.4 Å². The number of sulfonamides is 1. The number of carbonyl (C=O) groups excluding carboxylic acids is 1. The average Bonchev–Trinajstić information content (AvgIpc) is 2.47. The van der Waals surface area contributed by atoms with E-state index in [0.29, 0.717) is 19.4 Å². The van der Waals surface area contributed by atoms with Crippen LogP contribution in [0.25, 0.3) is 0 Å². The van der Waals surface area contributed by atoms with E-state index in [0.717, 1.165) is 22.7 Å². The zero-order chi connectivity index (χ0) is 18.1. The van der Waals surface area contributed by atoms with Crippen molar-refractivity contribution in [2.45, 2.75) is 19.0 Å². The molecule has 0 spiro atoms. The first-order valence-electron chi connectivity index (χ1n) is 7.11. The van der Waals surface area contributed by atoms with E-state index >= 15 is 0 Å². The number of carbonyl (C=O) groups is 1. The van der Waals surface area contributed by atoms with Crippen LogP contribution in [-0.2, 0) is 21.0 Å². The van der Waals surface area contributed by atoms with Crippen LogP contribution in [-0.4, -0.2) is 38.0 Å². The zero-order valence-corrected chi connectivity index (χ0v) is 14.3. The fourth-order valence-electron chi connectivity index (χ4n) is 2.55. The summed E-state index contributed by atoms with van der Waals surface area (Å²) in [5.74, 6) is -1.35. The highest BCUT2D eigenvalue weighted by Gasteiger charge is 2.35. The van der Waals surface area contributed by atoms with Gasteiger partial charge in [-0.25, -0.2) is 12.7 Å². The van der Waals surface area contributed by atoms with Gasteiger partial charge in [-0.2, -0.15) is 13.2 Å². The van der Waals surface area contributed by atoms with Gasteiger partial charge in [0.25, 0.3) is 0 Å². The summed E-state index contributed by atoms with van der Waals surface area (Å²) in [5, 5.41) is 2.15. The minimum atomic E-state index is -4.67. The number of alkyl halides is 3. The molecule has 0 bridgehead atoms. The third-order valence-corrected chi connectivity index (χ3v) is 5.27. The maximum atomic E-state index is 13.0. The van der Waals surface area contributed by atoms with Crippen molar-refractivity contribution in [1.29, 1.82) is 0 Å². The average molecular weight is 385 g/mol. The molecule has 0 aliphatic carbocycles. The van der Waals surface area contributed by atoms with E-state index in [2.05, 4.69) is 5.32 Å². The number of piperidine rings is 1. The van der Waals surface area contributed by atoms with Crippen LogP contribution in [0.4, 0.5) is 18.9 Å². The Balaban J connectivity index is 2.18. The molecule has 0 aromatic heterocycles. The third-order valence-electron chi connectivity index (χ3n) is 3.77. The largest absolute Gasteiger partial charge is 0.418 e. The summed E-state index contributed by atoms with van der Waals surface area (Å²) in [5.41, 5.74) is -1.44. The zero-order valence-electron chi connectivity index (χ0n) is 12.7. The molecule has 1 atom stereocenters. The van der Waals surface area contributed by atoms with E-state index in [-0.39, 0.29) is 11.6 Å². The molecule has 1 amide bonds. The smallest absolute Gasteiger partial charge is 0.325 e. The van der Waals surface area contributed by atoms with Gasteiger partial charge >= 0.3 is 6.18 Å². The number of amides is 1. The number of halogens is 4. The third kappa shape index (κ3) is 4.61. The standard InChI is InChI=1S/C14H16ClF3N2O3S/c1-24(22,23)20-6-2-3-9(8-20)13(21)19-12-5-4-10(15)7-11(12)14(16,17)18/h4-5,7,9H,2-3,6,8H2,1H3,(H,19,21)/t9-/m1/s1. The molecule has 1 N–H and O–H groups in total. The van der Waals surface area contributed by atoms with Crippen molar-refractivity contribution in [2.75, 3.05) is 24.7 Å². The Hall–Kier alpha value is -1.32. The molecule has 2 rings (SSSR count). The van der Waals surface area contributed by atoms with Crippen LogP contribution in [0.15, 0.2) is 18.2 Å². The first-order chi connectivity index (χ1) is 11.0. The van der Waals surface area contributed by atoms with Gasteiger partial charge in [0, 0.05) is 18.1 Å². The summed E-state index contributed by atoms with van der Waals surface area (Å²) in [6, 6.07) is 3.07. The number of nitrogens with one attached hydrogen (secondary N) is 1. The van der Waals surface area contributed by atoms with Gasteiger partial charge in [0.05, 0.1) is 23.4 Å². The van der Waals surface area contributed by atoms with Gasteiger partial charge in [-0.1, -0.05) is 11.6 Å². The van der Waals surface area contributed by atoms with Crippen molar-refractivity contribution in [3.63, 3.8) is 0 Å². The van der Waals surface area contributed by atoms with Crippen LogP contribution >= 0.6 is 11.6 Å². The van der Waals surface area contributed by atoms with Crippen molar-refractivity contribution in [2.24, 2.45) is 5.92 Å². The molecular weight excluding hydrogens is 369 g/mol. The number of rotatable bonds is 3. The van der Waals surface area contributed by atoms with Crippen molar-refractivity contribution >= 4 is 33.2 Å². The summed E-state index contributed by atoms with van der Waals surface area (Å²) in [6.07, 6.45) is -2.75. The molecule has 0 saturated carbocycles. The number of hydrogen-bond acceptors (Lipinski definition) is 3. The van der Waals surface area contributed by atoms with Crippen LogP contribution in [0.5, 0.6) is 0 Å². The highest BCUT2D eigenvalue weighted by molar-refractivity contribution is 7.88. The Morgan fingerprint density at radius 3 is 2.62 bits per heavy atom. The molecule has 1 aromatic carbocycles. The van der Waals surface area contributed by atoms with Gasteiger partial charge in [-0.05, 0) is 31.0 Å². The molecule has 5 nitrogen and oxygen atoms in total. The van der Waals surface area contributed by atoms with E-state index < -0.39 is 39.3 Å². The predicted molar refractivity (Wildman–Crippen MR) is 84.2 cm³/mol. The van der Waals surface area contributed by atoms with E-state index in [1.165, 1.54) is 6.07 Å². The Morgan fingerprint density at radius 2 is 2.04 bits per heavy atom. The molecule has 0 radical (unpaired) electrons. The summed E-state index contributed by atoms with van der Waals surface area (Å²) >= 11 is 5.59. The Bertz CT molecular complexity index is 737. The molecule has 0 unspecified atom stereocenters. The van der Waals surface area contributed by atoms with Crippen LogP contribution in [0, 0.1) is 5.92 Å². The van der Waals surface area contributed by atoms with Crippen LogP contribution < -0.4 is 5.32 Å². The quantitative estimate of drug-likeness (QED) is 0.871. The highest BCUT2D eigenvalue weighted by Crippen LogP contribution is 2.36. The van der Waals surface area contributed by atoms with E-state index in [1.807, 2.05) is 0 Å². The lowest BCUT2D eigenvalue weighted by Gasteiger charge is -2.30. The van der Waals surface area contributed by atoms with Crippen LogP contribution in [0.3, 0.4) is 0 Å². The number of nitrogens with zero attached hydrogens (tertiary/aromatic N) is 1. The van der Waals surface area contributed by atoms with Crippen molar-refractivity contribution in [3.05, 3.63) is 28.8 Å². The first-order valence-corrected chi connectivity index (χ1v) is 9.34. The number of hydrogen-bond donors (Lipinski definition) is 1. The second-order valence-electron chi connectivity index (χ2n) is 5.64. The van der Waals surface area contributed by atoms with Gasteiger partial charge in [-0.3, -0.25) is 4.79 Å². The summed E-state index contributed by atoms with van der Waals surface area (Å²) in [7, 11) is -3.45. The summed E-state index contributed by atoms with van der Waals surface area (Å²) in [4.78, 5) is 12.3. The highest BCUT2D eigenvalue weighted by atomic mass is 35.5. The van der Waals surface area contributed by atoms with Gasteiger partial charge < -0.3 is 5.32 Å². The molecule has 1 fully saturated rings. The molecule has 1 aliphatic heterocycles. The van der Waals surface area contributed by atoms with Gasteiger partial charge in [0.2, 0.25) is 15.9 Å². The predicted octanol–water partition coefficient (Wildman–Crippen LogP) is 2.97. The molecule has 1 saturated heterocycles.